The number of carbonyl (C=O) groups is 1. The molecule has 0 amide bonds. The second kappa shape index (κ2) is 11.9. The van der Waals surface area contributed by atoms with Crippen molar-refractivity contribution in [2.45, 2.75) is 40.3 Å². The predicted molar refractivity (Wildman–Crippen MR) is 125 cm³/mol. The molecular formula is C18H28IN7O2S. The number of aromatic nitrogens is 4. The van der Waals surface area contributed by atoms with Gasteiger partial charge in [0, 0.05) is 13.6 Å². The summed E-state index contributed by atoms with van der Waals surface area (Å²) >= 11 is 1.32. The molecule has 0 spiro atoms. The molecule has 1 unspecified atom stereocenters. The van der Waals surface area contributed by atoms with Crippen molar-refractivity contribution in [1.82, 2.24) is 30.4 Å². The Morgan fingerprint density at radius 3 is 2.72 bits per heavy atom. The SMILES string of the molecule is C=CCNC(=NCc1nnc(C)n1C)NC(C)c1nc(C)c(C(=O)OCC)s1.I. The largest absolute Gasteiger partial charge is 0.462 e. The maximum Gasteiger partial charge on any atom is 0.350 e. The quantitative estimate of drug-likeness (QED) is 0.177. The number of guanidine groups is 1. The molecule has 0 bridgehead atoms. The van der Waals surface area contributed by atoms with Gasteiger partial charge in [-0.05, 0) is 27.7 Å². The van der Waals surface area contributed by atoms with E-state index < -0.39 is 0 Å². The monoisotopic (exact) mass is 533 g/mol. The summed E-state index contributed by atoms with van der Waals surface area (Å²) in [6.45, 7) is 12.4. The van der Waals surface area contributed by atoms with Crippen molar-refractivity contribution in [3.63, 3.8) is 0 Å². The summed E-state index contributed by atoms with van der Waals surface area (Å²) in [5.41, 5.74) is 0.666. The summed E-state index contributed by atoms with van der Waals surface area (Å²) in [5, 5.41) is 15.4. The fraction of sp³-hybridized carbons (Fsp3) is 0.500. The van der Waals surface area contributed by atoms with Gasteiger partial charge in [0.15, 0.2) is 11.8 Å². The van der Waals surface area contributed by atoms with Crippen LogP contribution in [0.5, 0.6) is 0 Å². The third-order valence-corrected chi connectivity index (χ3v) is 5.29. The first-order valence-electron chi connectivity index (χ1n) is 9.02. The molecule has 2 heterocycles. The Balaban J connectivity index is 0.00000420. The second-order valence-electron chi connectivity index (χ2n) is 6.11. The lowest BCUT2D eigenvalue weighted by Crippen LogP contribution is -2.39. The van der Waals surface area contributed by atoms with E-state index in [4.69, 9.17) is 4.74 Å². The van der Waals surface area contributed by atoms with Gasteiger partial charge in [-0.3, -0.25) is 0 Å². The molecule has 2 rings (SSSR count). The summed E-state index contributed by atoms with van der Waals surface area (Å²) in [5.74, 6) is 1.85. The van der Waals surface area contributed by atoms with E-state index in [0.29, 0.717) is 36.2 Å². The van der Waals surface area contributed by atoms with Gasteiger partial charge in [0.2, 0.25) is 0 Å². The minimum Gasteiger partial charge on any atom is -0.462 e. The van der Waals surface area contributed by atoms with Gasteiger partial charge < -0.3 is 19.9 Å². The van der Waals surface area contributed by atoms with E-state index in [9.17, 15) is 4.79 Å². The molecule has 2 aromatic heterocycles. The number of aliphatic imine (C=N–C) groups is 1. The third-order valence-electron chi connectivity index (χ3n) is 3.97. The van der Waals surface area contributed by atoms with E-state index in [-0.39, 0.29) is 36.0 Å². The fourth-order valence-corrected chi connectivity index (χ4v) is 3.28. The third kappa shape index (κ3) is 6.77. The summed E-state index contributed by atoms with van der Waals surface area (Å²) in [4.78, 5) is 21.6. The highest BCUT2D eigenvalue weighted by molar-refractivity contribution is 14.0. The highest BCUT2D eigenvalue weighted by Crippen LogP contribution is 2.24. The Bertz CT molecular complexity index is 863. The Hall–Kier alpha value is -2.02. The molecule has 2 aromatic rings. The van der Waals surface area contributed by atoms with E-state index in [1.165, 1.54) is 11.3 Å². The van der Waals surface area contributed by atoms with E-state index in [2.05, 4.69) is 37.4 Å². The van der Waals surface area contributed by atoms with Gasteiger partial charge in [0.05, 0.1) is 18.3 Å². The average Bonchev–Trinajstić information content (AvgIpc) is 3.21. The highest BCUT2D eigenvalue weighted by Gasteiger charge is 2.20. The number of aryl methyl sites for hydroxylation is 2. The number of nitrogens with zero attached hydrogens (tertiary/aromatic N) is 5. The van der Waals surface area contributed by atoms with Crippen LogP contribution < -0.4 is 10.6 Å². The van der Waals surface area contributed by atoms with E-state index in [0.717, 1.165) is 16.7 Å². The average molecular weight is 533 g/mol. The molecule has 0 aliphatic rings. The molecule has 29 heavy (non-hydrogen) atoms. The Morgan fingerprint density at radius 2 is 2.14 bits per heavy atom. The minimum atomic E-state index is -0.340. The normalized spacial score (nSPS) is 12.1. The van der Waals surface area contributed by atoms with Gasteiger partial charge in [-0.1, -0.05) is 6.08 Å². The Morgan fingerprint density at radius 1 is 1.41 bits per heavy atom. The number of ether oxygens (including phenoxy) is 1. The van der Waals surface area contributed by atoms with Crippen molar-refractivity contribution in [3.8, 4) is 0 Å². The zero-order valence-corrected chi connectivity index (χ0v) is 20.5. The smallest absolute Gasteiger partial charge is 0.350 e. The van der Waals surface area contributed by atoms with E-state index in [1.54, 1.807) is 19.9 Å². The van der Waals surface area contributed by atoms with Gasteiger partial charge in [0.1, 0.15) is 22.3 Å². The van der Waals surface area contributed by atoms with Gasteiger partial charge in [-0.25, -0.2) is 14.8 Å². The molecule has 9 nitrogen and oxygen atoms in total. The molecular weight excluding hydrogens is 505 g/mol. The van der Waals surface area contributed by atoms with Gasteiger partial charge in [-0.15, -0.1) is 52.1 Å². The number of carbonyl (C=O) groups excluding carboxylic acids is 1. The van der Waals surface area contributed by atoms with Crippen LogP contribution in [0, 0.1) is 13.8 Å². The van der Waals surface area contributed by atoms with Crippen molar-refractivity contribution in [3.05, 3.63) is 39.9 Å². The topological polar surface area (TPSA) is 106 Å². The first kappa shape index (κ1) is 25.0. The number of rotatable bonds is 8. The molecule has 0 fully saturated rings. The molecule has 1 atom stereocenters. The summed E-state index contributed by atoms with van der Waals surface area (Å²) in [6.07, 6.45) is 1.75. The summed E-state index contributed by atoms with van der Waals surface area (Å²) in [7, 11) is 1.91. The number of esters is 1. The Kier molecular flexibility index (Phi) is 10.2. The zero-order chi connectivity index (χ0) is 20.7. The van der Waals surface area contributed by atoms with E-state index in [1.807, 2.05) is 25.5 Å². The molecule has 0 aliphatic carbocycles. The first-order valence-corrected chi connectivity index (χ1v) is 9.84. The highest BCUT2D eigenvalue weighted by atomic mass is 127. The van der Waals surface area contributed by atoms with Crippen LogP contribution in [0.15, 0.2) is 17.6 Å². The van der Waals surface area contributed by atoms with Crippen molar-refractivity contribution >= 4 is 47.2 Å². The second-order valence-corrected chi connectivity index (χ2v) is 7.14. The lowest BCUT2D eigenvalue weighted by atomic mass is 10.3. The van der Waals surface area contributed by atoms with E-state index >= 15 is 0 Å². The van der Waals surface area contributed by atoms with Crippen molar-refractivity contribution in [2.75, 3.05) is 13.2 Å². The summed E-state index contributed by atoms with van der Waals surface area (Å²) < 4.78 is 6.98. The van der Waals surface area contributed by atoms with Crippen LogP contribution in [0.4, 0.5) is 0 Å². The molecule has 11 heteroatoms. The zero-order valence-electron chi connectivity index (χ0n) is 17.4. The van der Waals surface area contributed by atoms with Gasteiger partial charge in [0.25, 0.3) is 0 Å². The van der Waals surface area contributed by atoms with Crippen LogP contribution in [0.1, 0.15) is 51.9 Å². The maximum absolute atomic E-state index is 12.0. The van der Waals surface area contributed by atoms with Crippen molar-refractivity contribution < 1.29 is 9.53 Å². The van der Waals surface area contributed by atoms with Crippen molar-refractivity contribution in [1.29, 1.82) is 0 Å². The standard InChI is InChI=1S/C18H27N7O2S.HI/c1-7-9-19-18(20-10-14-24-23-13(5)25(14)6)22-12(4)16-21-11(3)15(28-16)17(26)27-8-2;/h7,12H,1,8-10H2,2-6H3,(H2,19,20,22);1H. The van der Waals surface area contributed by atoms with Crippen molar-refractivity contribution in [2.24, 2.45) is 12.0 Å². The Labute approximate surface area is 192 Å². The summed E-state index contributed by atoms with van der Waals surface area (Å²) in [6, 6.07) is -0.149. The molecule has 0 aliphatic heterocycles. The number of halogens is 1. The van der Waals surface area contributed by atoms with Crippen LogP contribution in [0.2, 0.25) is 0 Å². The number of hydrogen-bond donors (Lipinski definition) is 2. The van der Waals surface area contributed by atoms with Crippen LogP contribution in [0.25, 0.3) is 0 Å². The molecule has 2 N–H and O–H groups in total. The molecule has 0 saturated heterocycles. The first-order chi connectivity index (χ1) is 13.4. The molecule has 0 saturated carbocycles. The molecule has 160 valence electrons. The number of thiazole rings is 1. The minimum absolute atomic E-state index is 0. The van der Waals surface area contributed by atoms with Crippen LogP contribution in [0.3, 0.4) is 0 Å². The number of hydrogen-bond acceptors (Lipinski definition) is 7. The molecule has 0 radical (unpaired) electrons. The number of nitrogens with one attached hydrogen (secondary N) is 2. The van der Waals surface area contributed by atoms with Crippen LogP contribution in [-0.4, -0.2) is 44.8 Å². The van der Waals surface area contributed by atoms with Crippen LogP contribution in [-0.2, 0) is 18.3 Å². The maximum atomic E-state index is 12.0. The lowest BCUT2D eigenvalue weighted by Gasteiger charge is -2.16. The van der Waals surface area contributed by atoms with Gasteiger partial charge in [-0.2, -0.15) is 0 Å². The lowest BCUT2D eigenvalue weighted by molar-refractivity contribution is 0.0531. The molecule has 0 aromatic carbocycles. The van der Waals surface area contributed by atoms with Crippen LogP contribution >= 0.6 is 35.3 Å². The fourth-order valence-electron chi connectivity index (χ4n) is 2.32. The van der Waals surface area contributed by atoms with Gasteiger partial charge >= 0.3 is 5.97 Å². The predicted octanol–water partition coefficient (Wildman–Crippen LogP) is 2.67.